The predicted octanol–water partition coefficient (Wildman–Crippen LogP) is 2.71. The number of aromatic nitrogens is 3. The summed E-state index contributed by atoms with van der Waals surface area (Å²) in [6.07, 6.45) is 1.74. The minimum atomic E-state index is 0.250. The van der Waals surface area contributed by atoms with Crippen LogP contribution in [0.15, 0.2) is 42.6 Å². The Morgan fingerprint density at radius 2 is 2.00 bits per heavy atom. The average Bonchev–Trinajstić information content (AvgIpc) is 2.46. The van der Waals surface area contributed by atoms with Crippen LogP contribution in [0.4, 0.5) is 11.6 Å². The zero-order valence-electron chi connectivity index (χ0n) is 11.4. The van der Waals surface area contributed by atoms with Crippen molar-refractivity contribution < 1.29 is 0 Å². The number of para-hydroxylation sites is 1. The molecule has 0 unspecified atom stereocenters. The smallest absolute Gasteiger partial charge is 0.228 e. The maximum Gasteiger partial charge on any atom is 0.228 e. The lowest BCUT2D eigenvalue weighted by Crippen LogP contribution is -2.13. The average molecular weight is 295 g/mol. The number of hydrogen-bond donors (Lipinski definition) is 2. The van der Waals surface area contributed by atoms with Crippen molar-refractivity contribution >= 4 is 39.7 Å². The number of fused-ring (bicyclic) bond motifs is 1. The van der Waals surface area contributed by atoms with Crippen LogP contribution in [-0.2, 0) is 0 Å². The van der Waals surface area contributed by atoms with Crippen molar-refractivity contribution in [3.8, 4) is 0 Å². The van der Waals surface area contributed by atoms with Crippen molar-refractivity contribution in [1.29, 1.82) is 0 Å². The van der Waals surface area contributed by atoms with Crippen LogP contribution in [0.5, 0.6) is 0 Å². The fraction of sp³-hybridized carbons (Fsp3) is 0.0667. The zero-order chi connectivity index (χ0) is 14.8. The van der Waals surface area contributed by atoms with Gasteiger partial charge in [-0.1, -0.05) is 30.4 Å². The van der Waals surface area contributed by atoms with E-state index in [1.54, 1.807) is 12.3 Å². The summed E-state index contributed by atoms with van der Waals surface area (Å²) in [5.74, 6) is 0.454. The summed E-state index contributed by atoms with van der Waals surface area (Å²) in [7, 11) is 0. The van der Waals surface area contributed by atoms with Gasteiger partial charge >= 0.3 is 0 Å². The van der Waals surface area contributed by atoms with Crippen LogP contribution in [0.2, 0.25) is 0 Å². The summed E-state index contributed by atoms with van der Waals surface area (Å²) in [5.41, 5.74) is 8.72. The first-order valence-corrected chi connectivity index (χ1v) is 6.80. The van der Waals surface area contributed by atoms with Crippen molar-refractivity contribution in [2.24, 2.45) is 5.73 Å². The number of nitrogens with one attached hydrogen (secondary N) is 1. The fourth-order valence-corrected chi connectivity index (χ4v) is 2.12. The normalized spacial score (nSPS) is 10.5. The molecule has 0 spiro atoms. The molecule has 0 radical (unpaired) electrons. The molecule has 1 aromatic carbocycles. The Morgan fingerprint density at radius 1 is 1.19 bits per heavy atom. The topological polar surface area (TPSA) is 76.7 Å². The summed E-state index contributed by atoms with van der Waals surface area (Å²) in [5, 5.41) is 4.18. The molecule has 5 nitrogen and oxygen atoms in total. The van der Waals surface area contributed by atoms with Gasteiger partial charge in [0.05, 0.1) is 17.4 Å². The molecule has 0 atom stereocenters. The summed E-state index contributed by atoms with van der Waals surface area (Å²) in [6.45, 7) is 1.87. The number of pyridine rings is 1. The van der Waals surface area contributed by atoms with Gasteiger partial charge in [0, 0.05) is 11.1 Å². The molecule has 2 aromatic heterocycles. The van der Waals surface area contributed by atoms with E-state index in [2.05, 4.69) is 20.3 Å². The van der Waals surface area contributed by atoms with Gasteiger partial charge in [-0.3, -0.25) is 4.98 Å². The van der Waals surface area contributed by atoms with E-state index in [0.29, 0.717) is 11.6 Å². The Kier molecular flexibility index (Phi) is 3.45. The van der Waals surface area contributed by atoms with Crippen molar-refractivity contribution in [2.75, 3.05) is 5.32 Å². The number of anilines is 2. The molecule has 0 saturated heterocycles. The number of hydrogen-bond acceptors (Lipinski definition) is 5. The molecule has 0 aliphatic rings. The minimum Gasteiger partial charge on any atom is -0.388 e. The van der Waals surface area contributed by atoms with Gasteiger partial charge in [0.1, 0.15) is 10.7 Å². The number of rotatable bonds is 3. The van der Waals surface area contributed by atoms with Crippen molar-refractivity contribution in [2.45, 2.75) is 6.92 Å². The highest BCUT2D eigenvalue weighted by Crippen LogP contribution is 2.18. The lowest BCUT2D eigenvalue weighted by molar-refractivity contribution is 1.09. The molecule has 0 saturated carbocycles. The molecule has 0 fully saturated rings. The summed E-state index contributed by atoms with van der Waals surface area (Å²) in [6, 6.07) is 11.7. The molecule has 0 aliphatic carbocycles. The monoisotopic (exact) mass is 295 g/mol. The van der Waals surface area contributed by atoms with Crippen LogP contribution in [0.1, 0.15) is 11.4 Å². The van der Waals surface area contributed by atoms with Crippen LogP contribution in [0, 0.1) is 6.92 Å². The van der Waals surface area contributed by atoms with E-state index in [4.69, 9.17) is 18.0 Å². The van der Waals surface area contributed by atoms with E-state index in [-0.39, 0.29) is 4.99 Å². The maximum absolute atomic E-state index is 5.62. The molecule has 2 heterocycles. The molecule has 0 bridgehead atoms. The van der Waals surface area contributed by atoms with Crippen LogP contribution in [0.3, 0.4) is 0 Å². The summed E-state index contributed by atoms with van der Waals surface area (Å²) in [4.78, 5) is 13.3. The predicted molar refractivity (Wildman–Crippen MR) is 87.7 cm³/mol. The third kappa shape index (κ3) is 2.95. The standard InChI is InChI=1S/C15H13N5S/c1-9-6-13(14(16)21)20-15(18-9)19-11-7-10-4-2-3-5-12(10)17-8-11/h2-8H,1H3,(H2,16,21)(H,18,19,20). The van der Waals surface area contributed by atoms with E-state index in [1.165, 1.54) is 0 Å². The lowest BCUT2D eigenvalue weighted by Gasteiger charge is -2.08. The highest BCUT2D eigenvalue weighted by Gasteiger charge is 2.05. The SMILES string of the molecule is Cc1cc(C(N)=S)nc(Nc2cnc3ccccc3c2)n1. The van der Waals surface area contributed by atoms with E-state index < -0.39 is 0 Å². The number of nitrogens with two attached hydrogens (primary N) is 1. The number of thiocarbonyl (C=S) groups is 1. The number of aryl methyl sites for hydroxylation is 1. The van der Waals surface area contributed by atoms with Gasteiger partial charge in [-0.2, -0.15) is 0 Å². The second kappa shape index (κ2) is 5.41. The second-order valence-corrected chi connectivity index (χ2v) is 5.06. The first-order chi connectivity index (χ1) is 10.1. The van der Waals surface area contributed by atoms with Crippen LogP contribution < -0.4 is 11.1 Å². The van der Waals surface area contributed by atoms with Gasteiger partial charge in [-0.25, -0.2) is 9.97 Å². The highest BCUT2D eigenvalue weighted by molar-refractivity contribution is 7.80. The maximum atomic E-state index is 5.62. The van der Waals surface area contributed by atoms with Gasteiger partial charge in [-0.05, 0) is 25.1 Å². The second-order valence-electron chi connectivity index (χ2n) is 4.62. The quantitative estimate of drug-likeness (QED) is 0.724. The Morgan fingerprint density at radius 3 is 2.81 bits per heavy atom. The van der Waals surface area contributed by atoms with Gasteiger partial charge in [0.2, 0.25) is 5.95 Å². The van der Waals surface area contributed by atoms with Crippen molar-refractivity contribution in [1.82, 2.24) is 15.0 Å². The molecule has 0 aliphatic heterocycles. The van der Waals surface area contributed by atoms with Crippen LogP contribution in [-0.4, -0.2) is 19.9 Å². The van der Waals surface area contributed by atoms with Gasteiger partial charge < -0.3 is 11.1 Å². The summed E-state index contributed by atoms with van der Waals surface area (Å²) < 4.78 is 0. The molecule has 3 rings (SSSR count). The molecule has 6 heteroatoms. The third-order valence-corrected chi connectivity index (χ3v) is 3.16. The Bertz CT molecular complexity index is 831. The van der Waals surface area contributed by atoms with Gasteiger partial charge in [0.25, 0.3) is 0 Å². The Labute approximate surface area is 127 Å². The molecular weight excluding hydrogens is 282 g/mol. The Balaban J connectivity index is 1.96. The van der Waals surface area contributed by atoms with E-state index in [1.807, 2.05) is 37.3 Å². The molecule has 21 heavy (non-hydrogen) atoms. The van der Waals surface area contributed by atoms with Gasteiger partial charge in [0.15, 0.2) is 0 Å². The molecule has 0 amide bonds. The minimum absolute atomic E-state index is 0.250. The zero-order valence-corrected chi connectivity index (χ0v) is 12.2. The third-order valence-electron chi connectivity index (χ3n) is 2.95. The first-order valence-electron chi connectivity index (χ1n) is 6.39. The van der Waals surface area contributed by atoms with Crippen LogP contribution >= 0.6 is 12.2 Å². The van der Waals surface area contributed by atoms with Crippen molar-refractivity contribution in [3.63, 3.8) is 0 Å². The molecule has 3 N–H and O–H groups in total. The summed E-state index contributed by atoms with van der Waals surface area (Å²) >= 11 is 4.96. The first kappa shape index (κ1) is 13.4. The highest BCUT2D eigenvalue weighted by atomic mass is 32.1. The number of nitrogens with zero attached hydrogens (tertiary/aromatic N) is 3. The Hall–Kier alpha value is -2.60. The van der Waals surface area contributed by atoms with E-state index in [9.17, 15) is 0 Å². The van der Waals surface area contributed by atoms with E-state index >= 15 is 0 Å². The largest absolute Gasteiger partial charge is 0.388 e. The fourth-order valence-electron chi connectivity index (χ4n) is 2.02. The van der Waals surface area contributed by atoms with Gasteiger partial charge in [-0.15, -0.1) is 0 Å². The molecule has 3 aromatic rings. The van der Waals surface area contributed by atoms with E-state index in [0.717, 1.165) is 22.3 Å². The molecular formula is C15H13N5S. The van der Waals surface area contributed by atoms with Crippen LogP contribution in [0.25, 0.3) is 10.9 Å². The molecule has 104 valence electrons. The lowest BCUT2D eigenvalue weighted by atomic mass is 10.2. The number of benzene rings is 1. The van der Waals surface area contributed by atoms with Crippen molar-refractivity contribution in [3.05, 3.63) is 54.0 Å².